The first-order valence-corrected chi connectivity index (χ1v) is 15.9. The number of carboxylic acid groups (broad SMARTS) is 1. The Hall–Kier alpha value is -4.38. The number of rotatable bonds is 8. The van der Waals surface area contributed by atoms with Crippen LogP contribution in [-0.2, 0) is 26.2 Å². The Kier molecular flexibility index (Phi) is 10.2. The number of thioether (sulfide) groups is 1. The minimum absolute atomic E-state index is 0.0114. The molecule has 1 heterocycles. The highest BCUT2D eigenvalue weighted by molar-refractivity contribution is 8.00. The standard InChI is InChI=1S/C35H39FN2O7S/c1-20-16-23(11-15-28(20)38-29(39)19-46-30(38)21-8-12-24(36)13-9-21)32(42)44-25-14-10-22(26(18-25)34(2,3)4)17-27(31(40)41)37-33(43)45-35(5,6)7/h8-16,18,27,30H,17,19H2,1-7H3,(H,37,43)(H,40,41)/t27-,30?/m0/s1. The van der Waals surface area contributed by atoms with Crippen molar-refractivity contribution in [1.82, 2.24) is 5.32 Å². The molecule has 11 heteroatoms. The Balaban J connectivity index is 1.53. The van der Waals surface area contributed by atoms with Crippen LogP contribution in [0.5, 0.6) is 5.75 Å². The predicted molar refractivity (Wildman–Crippen MR) is 175 cm³/mol. The summed E-state index contributed by atoms with van der Waals surface area (Å²) in [4.78, 5) is 52.1. The average Bonchev–Trinajstić information content (AvgIpc) is 3.32. The van der Waals surface area contributed by atoms with E-state index in [0.717, 1.165) is 11.1 Å². The van der Waals surface area contributed by atoms with E-state index in [0.29, 0.717) is 16.8 Å². The molecule has 1 saturated heterocycles. The van der Waals surface area contributed by atoms with Gasteiger partial charge in [0.25, 0.3) is 0 Å². The number of carbonyl (C=O) groups excluding carboxylic acids is 3. The third-order valence-corrected chi connectivity index (χ3v) is 8.44. The number of esters is 1. The van der Waals surface area contributed by atoms with Gasteiger partial charge < -0.3 is 19.9 Å². The molecule has 0 aliphatic carbocycles. The van der Waals surface area contributed by atoms with Crippen molar-refractivity contribution in [2.45, 2.75) is 77.3 Å². The van der Waals surface area contributed by atoms with Gasteiger partial charge in [0.1, 0.15) is 28.6 Å². The van der Waals surface area contributed by atoms with E-state index in [1.165, 1.54) is 23.9 Å². The van der Waals surface area contributed by atoms with Crippen LogP contribution in [0.15, 0.2) is 60.7 Å². The summed E-state index contributed by atoms with van der Waals surface area (Å²) in [6, 6.07) is 14.8. The Morgan fingerprint density at radius 2 is 1.70 bits per heavy atom. The number of carboxylic acids is 1. The van der Waals surface area contributed by atoms with Crippen LogP contribution in [-0.4, -0.2) is 46.4 Å². The SMILES string of the molecule is Cc1cc(C(=O)Oc2ccc(C[C@H](NC(=O)OC(C)(C)C)C(=O)O)c(C(C)(C)C)c2)ccc1N1C(=O)CSC1c1ccc(F)cc1. The van der Waals surface area contributed by atoms with E-state index in [-0.39, 0.29) is 40.6 Å². The molecule has 1 unspecified atom stereocenters. The molecule has 244 valence electrons. The summed E-state index contributed by atoms with van der Waals surface area (Å²) in [5.41, 5.74) is 2.60. The van der Waals surface area contributed by atoms with Crippen LogP contribution in [0, 0.1) is 12.7 Å². The molecule has 1 fully saturated rings. The van der Waals surface area contributed by atoms with Crippen LogP contribution in [0.3, 0.4) is 0 Å². The van der Waals surface area contributed by atoms with E-state index in [2.05, 4.69) is 5.32 Å². The van der Waals surface area contributed by atoms with Gasteiger partial charge in [-0.05, 0) is 97.8 Å². The molecule has 2 atom stereocenters. The van der Waals surface area contributed by atoms with Gasteiger partial charge in [-0.25, -0.2) is 18.8 Å². The van der Waals surface area contributed by atoms with Crippen LogP contribution in [0.2, 0.25) is 0 Å². The van der Waals surface area contributed by atoms with Crippen LogP contribution in [0.1, 0.15) is 79.5 Å². The maximum atomic E-state index is 13.5. The number of aryl methyl sites for hydroxylation is 1. The van der Waals surface area contributed by atoms with Gasteiger partial charge in [0.2, 0.25) is 5.91 Å². The summed E-state index contributed by atoms with van der Waals surface area (Å²) in [5.74, 6) is -1.70. The highest BCUT2D eigenvalue weighted by atomic mass is 32.2. The van der Waals surface area contributed by atoms with E-state index in [9.17, 15) is 28.7 Å². The minimum Gasteiger partial charge on any atom is -0.480 e. The molecule has 3 aromatic rings. The van der Waals surface area contributed by atoms with Crippen molar-refractivity contribution >= 4 is 41.4 Å². The number of hydrogen-bond donors (Lipinski definition) is 2. The van der Waals surface area contributed by atoms with Gasteiger partial charge in [-0.3, -0.25) is 9.69 Å². The smallest absolute Gasteiger partial charge is 0.408 e. The molecule has 0 spiro atoms. The van der Waals surface area contributed by atoms with Crippen LogP contribution < -0.4 is 15.0 Å². The zero-order valence-electron chi connectivity index (χ0n) is 27.0. The maximum Gasteiger partial charge on any atom is 0.408 e. The van der Waals surface area contributed by atoms with Gasteiger partial charge in [0.05, 0.1) is 11.3 Å². The van der Waals surface area contributed by atoms with Crippen LogP contribution >= 0.6 is 11.8 Å². The van der Waals surface area contributed by atoms with Gasteiger partial charge >= 0.3 is 18.0 Å². The molecule has 46 heavy (non-hydrogen) atoms. The van der Waals surface area contributed by atoms with Gasteiger partial charge in [0, 0.05) is 12.1 Å². The second-order valence-electron chi connectivity index (χ2n) is 13.2. The monoisotopic (exact) mass is 650 g/mol. The third-order valence-electron chi connectivity index (χ3n) is 7.23. The fraction of sp³-hybridized carbons (Fsp3) is 0.371. The van der Waals surface area contributed by atoms with Crippen LogP contribution in [0.4, 0.5) is 14.9 Å². The summed E-state index contributed by atoms with van der Waals surface area (Å²) in [6.07, 6.45) is -0.842. The van der Waals surface area contributed by atoms with Crippen molar-refractivity contribution in [3.8, 4) is 5.75 Å². The van der Waals surface area contributed by atoms with Crippen LogP contribution in [0.25, 0.3) is 0 Å². The highest BCUT2D eigenvalue weighted by Crippen LogP contribution is 2.43. The largest absolute Gasteiger partial charge is 0.480 e. The van der Waals surface area contributed by atoms with Gasteiger partial charge in [-0.2, -0.15) is 0 Å². The number of nitrogens with one attached hydrogen (secondary N) is 1. The Bertz CT molecular complexity index is 1640. The second-order valence-corrected chi connectivity index (χ2v) is 14.2. The highest BCUT2D eigenvalue weighted by Gasteiger charge is 2.35. The fourth-order valence-corrected chi connectivity index (χ4v) is 6.31. The number of halogens is 1. The number of aliphatic carboxylic acids is 1. The van der Waals surface area contributed by atoms with E-state index >= 15 is 0 Å². The molecule has 1 aliphatic heterocycles. The van der Waals surface area contributed by atoms with Crippen molar-refractivity contribution in [2.24, 2.45) is 0 Å². The normalized spacial score (nSPS) is 15.8. The lowest BCUT2D eigenvalue weighted by Crippen LogP contribution is -2.45. The summed E-state index contributed by atoms with van der Waals surface area (Å²) in [5, 5.41) is 11.9. The minimum atomic E-state index is -1.24. The topological polar surface area (TPSA) is 122 Å². The number of anilines is 1. The quantitative estimate of drug-likeness (QED) is 0.198. The fourth-order valence-electron chi connectivity index (χ4n) is 5.14. The molecular formula is C35H39FN2O7S. The molecule has 2 amide bonds. The number of benzene rings is 3. The molecule has 4 rings (SSSR count). The maximum absolute atomic E-state index is 13.5. The predicted octanol–water partition coefficient (Wildman–Crippen LogP) is 6.95. The summed E-state index contributed by atoms with van der Waals surface area (Å²) in [7, 11) is 0. The zero-order chi connectivity index (χ0) is 34.0. The number of hydrogen-bond acceptors (Lipinski definition) is 7. The molecule has 0 aromatic heterocycles. The zero-order valence-corrected chi connectivity index (χ0v) is 27.8. The van der Waals surface area contributed by atoms with Crippen molar-refractivity contribution in [3.63, 3.8) is 0 Å². The van der Waals surface area contributed by atoms with Gasteiger partial charge in [0.15, 0.2) is 0 Å². The molecule has 3 aromatic carbocycles. The van der Waals surface area contributed by atoms with E-state index in [1.54, 1.807) is 81.1 Å². The molecule has 1 aliphatic rings. The summed E-state index contributed by atoms with van der Waals surface area (Å²) < 4.78 is 24.5. The molecule has 2 N–H and O–H groups in total. The van der Waals surface area contributed by atoms with Gasteiger partial charge in [-0.1, -0.05) is 39.0 Å². The Morgan fingerprint density at radius 3 is 2.28 bits per heavy atom. The number of carbonyl (C=O) groups is 4. The number of nitrogens with zero attached hydrogens (tertiary/aromatic N) is 1. The molecule has 0 radical (unpaired) electrons. The lowest BCUT2D eigenvalue weighted by Gasteiger charge is -2.26. The lowest BCUT2D eigenvalue weighted by atomic mass is 9.82. The Morgan fingerprint density at radius 1 is 1.02 bits per heavy atom. The first-order chi connectivity index (χ1) is 21.4. The summed E-state index contributed by atoms with van der Waals surface area (Å²) in [6.45, 7) is 12.7. The van der Waals surface area contributed by atoms with E-state index in [1.807, 2.05) is 20.8 Å². The number of alkyl carbamates (subject to hydrolysis) is 1. The molecule has 0 bridgehead atoms. The first kappa shape index (κ1) is 34.5. The van der Waals surface area contributed by atoms with E-state index in [4.69, 9.17) is 9.47 Å². The van der Waals surface area contributed by atoms with Crippen molar-refractivity contribution in [3.05, 3.63) is 94.3 Å². The van der Waals surface area contributed by atoms with Crippen molar-refractivity contribution in [1.29, 1.82) is 0 Å². The van der Waals surface area contributed by atoms with Crippen molar-refractivity contribution < 1.29 is 38.1 Å². The summed E-state index contributed by atoms with van der Waals surface area (Å²) >= 11 is 1.45. The molecular weight excluding hydrogens is 611 g/mol. The molecule has 0 saturated carbocycles. The third kappa shape index (κ3) is 8.45. The molecule has 9 nitrogen and oxygen atoms in total. The second kappa shape index (κ2) is 13.5. The van der Waals surface area contributed by atoms with Crippen molar-refractivity contribution in [2.75, 3.05) is 10.7 Å². The average molecular weight is 651 g/mol. The Labute approximate surface area is 272 Å². The number of amides is 2. The number of ether oxygens (including phenoxy) is 2. The lowest BCUT2D eigenvalue weighted by molar-refractivity contribution is -0.139. The van der Waals surface area contributed by atoms with E-state index < -0.39 is 35.1 Å². The van der Waals surface area contributed by atoms with Gasteiger partial charge in [-0.15, -0.1) is 11.8 Å². The first-order valence-electron chi connectivity index (χ1n) is 14.8.